The van der Waals surface area contributed by atoms with Crippen LogP contribution in [0.2, 0.25) is 0 Å². The lowest BCUT2D eigenvalue weighted by molar-refractivity contribution is 0.186. The lowest BCUT2D eigenvalue weighted by Crippen LogP contribution is -1.85. The molecule has 0 aliphatic carbocycles. The van der Waals surface area contributed by atoms with Crippen LogP contribution in [0.5, 0.6) is 0 Å². The van der Waals surface area contributed by atoms with Gasteiger partial charge in [-0.05, 0) is 12.8 Å². The Morgan fingerprint density at radius 2 is 2.15 bits per heavy atom. The lowest BCUT2D eigenvalue weighted by Gasteiger charge is -1.97. The summed E-state index contributed by atoms with van der Waals surface area (Å²) in [6.07, 6.45) is 7.83. The molecule has 1 heterocycles. The number of rotatable bonds is 7. The van der Waals surface area contributed by atoms with Gasteiger partial charge in [-0.3, -0.25) is 0 Å². The Kier molecular flexibility index (Phi) is 5.69. The molecule has 0 aromatic carbocycles. The standard InChI is InChI=1S/C9H15N2OS/c12-7-3-1-2-4-8-13-9-10-5-6-11-9/h5-6H,1-4,7-8H2,(H,10,11). The Morgan fingerprint density at radius 3 is 2.85 bits per heavy atom. The number of aromatic amines is 1. The van der Waals surface area contributed by atoms with Crippen molar-refractivity contribution in [2.24, 2.45) is 0 Å². The number of nitrogens with one attached hydrogen (secondary N) is 1. The maximum Gasteiger partial charge on any atom is 0.165 e. The van der Waals surface area contributed by atoms with E-state index in [0.717, 1.165) is 30.2 Å². The summed E-state index contributed by atoms with van der Waals surface area (Å²) in [5.74, 6) is 1.09. The molecule has 1 rings (SSSR count). The largest absolute Gasteiger partial charge is 0.340 e. The summed E-state index contributed by atoms with van der Waals surface area (Å²) in [6.45, 7) is 0.0747. The van der Waals surface area contributed by atoms with Gasteiger partial charge in [-0.25, -0.2) is 10.1 Å². The van der Waals surface area contributed by atoms with Gasteiger partial charge in [-0.15, -0.1) is 0 Å². The topological polar surface area (TPSA) is 48.6 Å². The highest BCUT2D eigenvalue weighted by Gasteiger charge is 1.95. The van der Waals surface area contributed by atoms with Crippen LogP contribution in [0.15, 0.2) is 17.6 Å². The first-order valence-corrected chi connectivity index (χ1v) is 5.62. The second-order valence-electron chi connectivity index (χ2n) is 2.86. The molecule has 0 bridgehead atoms. The Morgan fingerprint density at radius 1 is 1.31 bits per heavy atom. The van der Waals surface area contributed by atoms with Crippen LogP contribution in [0.25, 0.3) is 0 Å². The van der Waals surface area contributed by atoms with E-state index in [1.54, 1.807) is 18.0 Å². The maximum atomic E-state index is 10.1. The van der Waals surface area contributed by atoms with E-state index >= 15 is 0 Å². The number of imidazole rings is 1. The first-order chi connectivity index (χ1) is 6.43. The number of hydrogen-bond acceptors (Lipinski definition) is 2. The van der Waals surface area contributed by atoms with Gasteiger partial charge in [0.1, 0.15) is 0 Å². The number of aromatic nitrogens is 2. The van der Waals surface area contributed by atoms with Gasteiger partial charge in [-0.2, -0.15) is 0 Å². The van der Waals surface area contributed by atoms with Crippen molar-refractivity contribution < 1.29 is 5.11 Å². The van der Waals surface area contributed by atoms with Crippen LogP contribution in [0.4, 0.5) is 0 Å². The third-order valence-corrected chi connectivity index (χ3v) is 2.74. The van der Waals surface area contributed by atoms with E-state index in [0.29, 0.717) is 0 Å². The molecule has 0 fully saturated rings. The summed E-state index contributed by atoms with van der Waals surface area (Å²) in [5.41, 5.74) is 0. The average molecular weight is 199 g/mol. The Hall–Kier alpha value is -0.480. The minimum atomic E-state index is 0.0747. The zero-order valence-corrected chi connectivity index (χ0v) is 8.48. The molecule has 0 unspecified atom stereocenters. The molecular weight excluding hydrogens is 184 g/mol. The van der Waals surface area contributed by atoms with Crippen molar-refractivity contribution in [2.45, 2.75) is 30.8 Å². The van der Waals surface area contributed by atoms with Crippen molar-refractivity contribution in [2.75, 3.05) is 12.4 Å². The van der Waals surface area contributed by atoms with Crippen molar-refractivity contribution in [3.8, 4) is 0 Å². The lowest BCUT2D eigenvalue weighted by atomic mass is 10.2. The summed E-state index contributed by atoms with van der Waals surface area (Å²) >= 11 is 1.74. The predicted octanol–water partition coefficient (Wildman–Crippen LogP) is 2.49. The molecule has 3 nitrogen and oxygen atoms in total. The molecular formula is C9H15N2OS. The fourth-order valence-electron chi connectivity index (χ4n) is 1.06. The number of hydrogen-bond donors (Lipinski definition) is 1. The van der Waals surface area contributed by atoms with Crippen molar-refractivity contribution in [1.29, 1.82) is 0 Å². The summed E-state index contributed by atoms with van der Waals surface area (Å²) in [7, 11) is 0. The van der Waals surface area contributed by atoms with Crippen LogP contribution in [0.1, 0.15) is 25.7 Å². The molecule has 73 valence electrons. The monoisotopic (exact) mass is 199 g/mol. The van der Waals surface area contributed by atoms with Gasteiger partial charge >= 0.3 is 0 Å². The van der Waals surface area contributed by atoms with Crippen LogP contribution >= 0.6 is 11.8 Å². The quantitative estimate of drug-likeness (QED) is 0.541. The van der Waals surface area contributed by atoms with E-state index in [1.807, 2.05) is 6.20 Å². The van der Waals surface area contributed by atoms with E-state index in [1.165, 1.54) is 6.42 Å². The van der Waals surface area contributed by atoms with Crippen LogP contribution in [0.3, 0.4) is 0 Å². The van der Waals surface area contributed by atoms with Crippen LogP contribution in [-0.2, 0) is 5.11 Å². The molecule has 1 aromatic heterocycles. The third-order valence-electron chi connectivity index (χ3n) is 1.75. The molecule has 0 atom stereocenters. The van der Waals surface area contributed by atoms with Crippen LogP contribution in [-0.4, -0.2) is 22.3 Å². The maximum absolute atomic E-state index is 10.1. The van der Waals surface area contributed by atoms with Gasteiger partial charge in [0.05, 0.1) is 6.61 Å². The molecule has 1 N–H and O–H groups in total. The predicted molar refractivity (Wildman–Crippen MR) is 53.3 cm³/mol. The van der Waals surface area contributed by atoms with E-state index in [9.17, 15) is 5.11 Å². The highest BCUT2D eigenvalue weighted by Crippen LogP contribution is 2.14. The van der Waals surface area contributed by atoms with Gasteiger partial charge in [0.2, 0.25) is 0 Å². The minimum Gasteiger partial charge on any atom is -0.340 e. The molecule has 0 aliphatic heterocycles. The number of nitrogens with zero attached hydrogens (tertiary/aromatic N) is 1. The van der Waals surface area contributed by atoms with Gasteiger partial charge in [-0.1, -0.05) is 24.6 Å². The Bertz CT molecular complexity index is 201. The average Bonchev–Trinajstić information content (AvgIpc) is 2.63. The Balaban J connectivity index is 1.90. The highest BCUT2D eigenvalue weighted by molar-refractivity contribution is 7.99. The summed E-state index contributed by atoms with van der Waals surface area (Å²) in [4.78, 5) is 7.15. The van der Waals surface area contributed by atoms with Crippen LogP contribution in [0, 0.1) is 0 Å². The van der Waals surface area contributed by atoms with Crippen molar-refractivity contribution in [3.05, 3.63) is 12.4 Å². The second-order valence-corrected chi connectivity index (χ2v) is 3.94. The summed E-state index contributed by atoms with van der Waals surface area (Å²) < 4.78 is 0. The zero-order chi connectivity index (χ0) is 9.36. The van der Waals surface area contributed by atoms with E-state index < -0.39 is 0 Å². The highest BCUT2D eigenvalue weighted by atomic mass is 32.2. The Labute approximate surface area is 83.0 Å². The molecule has 0 saturated carbocycles. The molecule has 4 heteroatoms. The van der Waals surface area contributed by atoms with Crippen molar-refractivity contribution in [1.82, 2.24) is 9.97 Å². The molecule has 13 heavy (non-hydrogen) atoms. The van der Waals surface area contributed by atoms with Gasteiger partial charge in [0.15, 0.2) is 5.16 Å². The summed E-state index contributed by atoms with van der Waals surface area (Å²) in [5, 5.41) is 11.1. The van der Waals surface area contributed by atoms with E-state index in [4.69, 9.17) is 0 Å². The molecule has 0 spiro atoms. The molecule has 0 amide bonds. The first-order valence-electron chi connectivity index (χ1n) is 4.64. The van der Waals surface area contributed by atoms with Gasteiger partial charge in [0, 0.05) is 18.1 Å². The molecule has 1 aromatic rings. The second kappa shape index (κ2) is 6.97. The fraction of sp³-hybridized carbons (Fsp3) is 0.667. The normalized spacial score (nSPS) is 10.5. The molecule has 0 saturated heterocycles. The minimum absolute atomic E-state index is 0.0747. The smallest absolute Gasteiger partial charge is 0.165 e. The number of H-pyrrole nitrogens is 1. The number of unbranched alkanes of at least 4 members (excludes halogenated alkanes) is 3. The van der Waals surface area contributed by atoms with Crippen molar-refractivity contribution in [3.63, 3.8) is 0 Å². The van der Waals surface area contributed by atoms with Crippen LogP contribution < -0.4 is 0 Å². The SMILES string of the molecule is [O]CCCCCCSc1ncc[nH]1. The van der Waals surface area contributed by atoms with Gasteiger partial charge in [0.25, 0.3) is 0 Å². The van der Waals surface area contributed by atoms with Gasteiger partial charge < -0.3 is 4.98 Å². The van der Waals surface area contributed by atoms with E-state index in [-0.39, 0.29) is 6.61 Å². The molecule has 1 radical (unpaired) electrons. The first kappa shape index (κ1) is 10.6. The summed E-state index contributed by atoms with van der Waals surface area (Å²) in [6, 6.07) is 0. The zero-order valence-electron chi connectivity index (χ0n) is 7.66. The van der Waals surface area contributed by atoms with Crippen molar-refractivity contribution >= 4 is 11.8 Å². The fourth-order valence-corrected chi connectivity index (χ4v) is 1.88. The number of thioether (sulfide) groups is 1. The molecule has 0 aliphatic rings. The third kappa shape index (κ3) is 4.95. The van der Waals surface area contributed by atoms with E-state index in [2.05, 4.69) is 9.97 Å².